The molecule has 1 amide bonds. The number of thiazole rings is 1. The SMILES string of the molecule is Cc1ccc(N(C)S(=O)(=O)c2ccc3c(c2)sc(=O)n3CC(=O)N2CCCC2)cc1. The number of carbonyl (C=O) groups is 1. The molecule has 7 nitrogen and oxygen atoms in total. The summed E-state index contributed by atoms with van der Waals surface area (Å²) in [5, 5.41) is 0. The van der Waals surface area contributed by atoms with Gasteiger partial charge in [-0.25, -0.2) is 8.42 Å². The van der Waals surface area contributed by atoms with Gasteiger partial charge in [0.2, 0.25) is 5.91 Å². The molecule has 2 heterocycles. The molecule has 0 bridgehead atoms. The van der Waals surface area contributed by atoms with Gasteiger partial charge in [0.25, 0.3) is 10.0 Å². The highest BCUT2D eigenvalue weighted by Crippen LogP contribution is 2.26. The minimum atomic E-state index is -3.78. The number of amides is 1. The Labute approximate surface area is 179 Å². The number of benzene rings is 2. The van der Waals surface area contributed by atoms with Crippen LogP contribution in [-0.2, 0) is 21.4 Å². The lowest BCUT2D eigenvalue weighted by molar-refractivity contribution is -0.130. The number of rotatable bonds is 5. The first-order chi connectivity index (χ1) is 14.3. The van der Waals surface area contributed by atoms with Crippen molar-refractivity contribution >= 4 is 43.2 Å². The van der Waals surface area contributed by atoms with Crippen LogP contribution in [0, 0.1) is 6.92 Å². The summed E-state index contributed by atoms with van der Waals surface area (Å²) in [5.74, 6) is -0.0786. The van der Waals surface area contributed by atoms with Crippen molar-refractivity contribution < 1.29 is 13.2 Å². The lowest BCUT2D eigenvalue weighted by atomic mass is 10.2. The maximum Gasteiger partial charge on any atom is 0.308 e. The van der Waals surface area contributed by atoms with Crippen molar-refractivity contribution in [3.05, 3.63) is 57.7 Å². The highest BCUT2D eigenvalue weighted by molar-refractivity contribution is 7.92. The van der Waals surface area contributed by atoms with Crippen LogP contribution in [0.25, 0.3) is 10.2 Å². The first-order valence-corrected chi connectivity index (χ1v) is 12.0. The van der Waals surface area contributed by atoms with Crippen molar-refractivity contribution in [2.45, 2.75) is 31.2 Å². The van der Waals surface area contributed by atoms with Crippen molar-refractivity contribution in [2.24, 2.45) is 0 Å². The standard InChI is InChI=1S/C21H23N3O4S2/c1-15-5-7-16(8-6-15)22(2)30(27,28)17-9-10-18-19(13-17)29-21(26)24(18)14-20(25)23-11-3-4-12-23/h5-10,13H,3-4,11-12,14H2,1-2H3. The summed E-state index contributed by atoms with van der Waals surface area (Å²) in [6.07, 6.45) is 1.97. The topological polar surface area (TPSA) is 79.7 Å². The molecule has 0 aliphatic carbocycles. The Kier molecular flexibility index (Phi) is 5.42. The van der Waals surface area contributed by atoms with E-state index >= 15 is 0 Å². The van der Waals surface area contributed by atoms with E-state index in [1.807, 2.05) is 19.1 Å². The fraction of sp³-hybridized carbons (Fsp3) is 0.333. The summed E-state index contributed by atoms with van der Waals surface area (Å²) in [4.78, 5) is 26.6. The van der Waals surface area contributed by atoms with Gasteiger partial charge in [0.05, 0.1) is 20.8 Å². The predicted molar refractivity (Wildman–Crippen MR) is 119 cm³/mol. The minimum absolute atomic E-state index is 0.0196. The summed E-state index contributed by atoms with van der Waals surface area (Å²) in [7, 11) is -2.28. The number of aryl methyl sites for hydroxylation is 1. The van der Waals surface area contributed by atoms with Crippen molar-refractivity contribution in [2.75, 3.05) is 24.4 Å². The van der Waals surface area contributed by atoms with Crippen LogP contribution in [0.2, 0.25) is 0 Å². The molecule has 0 N–H and O–H groups in total. The van der Waals surface area contributed by atoms with Gasteiger partial charge < -0.3 is 4.90 Å². The van der Waals surface area contributed by atoms with Gasteiger partial charge >= 0.3 is 4.87 Å². The zero-order chi connectivity index (χ0) is 21.5. The van der Waals surface area contributed by atoms with Gasteiger partial charge in [-0.05, 0) is 50.1 Å². The van der Waals surface area contributed by atoms with Crippen molar-refractivity contribution in [1.29, 1.82) is 0 Å². The number of aromatic nitrogens is 1. The summed E-state index contributed by atoms with van der Waals surface area (Å²) in [5.41, 5.74) is 2.18. The summed E-state index contributed by atoms with van der Waals surface area (Å²) < 4.78 is 29.4. The maximum atomic E-state index is 13.1. The number of anilines is 1. The molecule has 30 heavy (non-hydrogen) atoms. The number of fused-ring (bicyclic) bond motifs is 1. The normalized spacial score (nSPS) is 14.4. The molecule has 158 valence electrons. The monoisotopic (exact) mass is 445 g/mol. The second-order valence-corrected chi connectivity index (χ2v) is 10.4. The van der Waals surface area contributed by atoms with Crippen LogP contribution in [0.5, 0.6) is 0 Å². The van der Waals surface area contributed by atoms with E-state index in [2.05, 4.69) is 0 Å². The summed E-state index contributed by atoms with van der Waals surface area (Å²) in [6.45, 7) is 3.37. The minimum Gasteiger partial charge on any atom is -0.341 e. The van der Waals surface area contributed by atoms with E-state index in [9.17, 15) is 18.0 Å². The molecule has 1 fully saturated rings. The molecule has 1 saturated heterocycles. The van der Waals surface area contributed by atoms with Crippen LogP contribution in [-0.4, -0.2) is 43.9 Å². The van der Waals surface area contributed by atoms with Gasteiger partial charge in [-0.3, -0.25) is 18.5 Å². The van der Waals surface area contributed by atoms with E-state index in [-0.39, 0.29) is 22.2 Å². The second kappa shape index (κ2) is 7.88. The third-order valence-electron chi connectivity index (χ3n) is 5.45. The van der Waals surface area contributed by atoms with E-state index in [0.29, 0.717) is 15.9 Å². The fourth-order valence-electron chi connectivity index (χ4n) is 3.61. The van der Waals surface area contributed by atoms with Crippen LogP contribution in [0.15, 0.2) is 52.2 Å². The fourth-order valence-corrected chi connectivity index (χ4v) is 5.84. The number of sulfonamides is 1. The molecule has 0 atom stereocenters. The van der Waals surface area contributed by atoms with Gasteiger partial charge in [0.1, 0.15) is 6.54 Å². The average molecular weight is 446 g/mol. The quantitative estimate of drug-likeness (QED) is 0.605. The lowest BCUT2D eigenvalue weighted by Gasteiger charge is -2.20. The van der Waals surface area contributed by atoms with Gasteiger partial charge in [-0.2, -0.15) is 0 Å². The molecule has 0 radical (unpaired) electrons. The third kappa shape index (κ3) is 3.75. The first-order valence-electron chi connectivity index (χ1n) is 9.74. The Bertz CT molecular complexity index is 1250. The van der Waals surface area contributed by atoms with Gasteiger partial charge in [-0.15, -0.1) is 0 Å². The Morgan fingerprint density at radius 3 is 2.43 bits per heavy atom. The molecule has 1 aliphatic rings. The molecule has 0 saturated carbocycles. The molecular weight excluding hydrogens is 422 g/mol. The molecule has 0 spiro atoms. The third-order valence-corrected chi connectivity index (χ3v) is 8.17. The number of hydrogen-bond donors (Lipinski definition) is 0. The van der Waals surface area contributed by atoms with E-state index in [0.717, 1.165) is 42.8 Å². The second-order valence-electron chi connectivity index (χ2n) is 7.48. The lowest BCUT2D eigenvalue weighted by Crippen LogP contribution is -2.33. The van der Waals surface area contributed by atoms with E-state index in [1.54, 1.807) is 23.1 Å². The van der Waals surface area contributed by atoms with Crippen LogP contribution >= 0.6 is 11.3 Å². The summed E-state index contributed by atoms with van der Waals surface area (Å²) >= 11 is 0.957. The zero-order valence-corrected chi connectivity index (χ0v) is 18.5. The highest BCUT2D eigenvalue weighted by Gasteiger charge is 2.24. The zero-order valence-electron chi connectivity index (χ0n) is 16.9. The molecule has 4 rings (SSSR count). The molecule has 2 aromatic carbocycles. The Morgan fingerprint density at radius 2 is 1.77 bits per heavy atom. The number of likely N-dealkylation sites (tertiary alicyclic amines) is 1. The summed E-state index contributed by atoms with van der Waals surface area (Å²) in [6, 6.07) is 11.8. The number of hydrogen-bond acceptors (Lipinski definition) is 5. The number of nitrogens with zero attached hydrogens (tertiary/aromatic N) is 3. The van der Waals surface area contributed by atoms with Crippen LogP contribution < -0.4 is 9.18 Å². The molecule has 3 aromatic rings. The molecule has 1 aromatic heterocycles. The Balaban J connectivity index is 1.66. The Morgan fingerprint density at radius 1 is 1.10 bits per heavy atom. The average Bonchev–Trinajstić information content (AvgIpc) is 3.36. The van der Waals surface area contributed by atoms with Crippen molar-refractivity contribution in [1.82, 2.24) is 9.47 Å². The molecular formula is C21H23N3O4S2. The van der Waals surface area contributed by atoms with E-state index in [4.69, 9.17) is 0 Å². The largest absolute Gasteiger partial charge is 0.341 e. The van der Waals surface area contributed by atoms with Gasteiger partial charge in [0.15, 0.2) is 0 Å². The van der Waals surface area contributed by atoms with E-state index in [1.165, 1.54) is 28.1 Å². The highest BCUT2D eigenvalue weighted by atomic mass is 32.2. The van der Waals surface area contributed by atoms with Crippen molar-refractivity contribution in [3.8, 4) is 0 Å². The molecule has 9 heteroatoms. The predicted octanol–water partition coefficient (Wildman–Crippen LogP) is 2.82. The van der Waals surface area contributed by atoms with Crippen molar-refractivity contribution in [3.63, 3.8) is 0 Å². The number of carbonyl (C=O) groups excluding carboxylic acids is 1. The van der Waals surface area contributed by atoms with Crippen LogP contribution in [0.4, 0.5) is 5.69 Å². The first kappa shape index (κ1) is 20.6. The Hall–Kier alpha value is -2.65. The molecule has 0 unspecified atom stereocenters. The van der Waals surface area contributed by atoms with Crippen LogP contribution in [0.3, 0.4) is 0 Å². The van der Waals surface area contributed by atoms with Gasteiger partial charge in [-0.1, -0.05) is 29.0 Å². The van der Waals surface area contributed by atoms with Gasteiger partial charge in [0, 0.05) is 20.1 Å². The van der Waals surface area contributed by atoms with Crippen LogP contribution in [0.1, 0.15) is 18.4 Å². The van der Waals surface area contributed by atoms with E-state index < -0.39 is 10.0 Å². The molecule has 1 aliphatic heterocycles. The smallest absolute Gasteiger partial charge is 0.308 e. The maximum absolute atomic E-state index is 13.1.